The van der Waals surface area contributed by atoms with Crippen LogP contribution in [0.1, 0.15) is 40.5 Å². The predicted molar refractivity (Wildman–Crippen MR) is 73.3 cm³/mol. The fraction of sp³-hybridized carbons (Fsp3) is 0.929. The topological polar surface area (TPSA) is 52.6 Å². The van der Waals surface area contributed by atoms with E-state index in [9.17, 15) is 9.90 Å². The zero-order valence-corrected chi connectivity index (χ0v) is 12.1. The number of carbonyl (C=O) groups is 1. The normalized spacial score (nSPS) is 26.4. The van der Waals surface area contributed by atoms with E-state index >= 15 is 0 Å². The van der Waals surface area contributed by atoms with Crippen molar-refractivity contribution in [3.05, 3.63) is 0 Å². The van der Waals surface area contributed by atoms with Gasteiger partial charge in [0.2, 0.25) is 5.91 Å². The Morgan fingerprint density at radius 2 is 2.06 bits per heavy atom. The van der Waals surface area contributed by atoms with Crippen LogP contribution < -0.4 is 5.32 Å². The minimum Gasteiger partial charge on any atom is -0.393 e. The summed E-state index contributed by atoms with van der Waals surface area (Å²) < 4.78 is 0. The highest BCUT2D eigenvalue weighted by atomic mass is 16.3. The summed E-state index contributed by atoms with van der Waals surface area (Å²) in [5.74, 6) is 0.805. The first-order valence-corrected chi connectivity index (χ1v) is 7.13. The van der Waals surface area contributed by atoms with Crippen LogP contribution in [0, 0.1) is 11.8 Å². The molecule has 2 N–H and O–H groups in total. The SMILES string of the molecule is CCNC1CC(C(C)O)CN(C(=O)CC(C)C)C1. The Morgan fingerprint density at radius 1 is 1.39 bits per heavy atom. The number of nitrogens with zero attached hydrogens (tertiary/aromatic N) is 1. The lowest BCUT2D eigenvalue weighted by Gasteiger charge is -2.39. The summed E-state index contributed by atoms with van der Waals surface area (Å²) in [6, 6.07) is 0.319. The van der Waals surface area contributed by atoms with E-state index < -0.39 is 0 Å². The molecule has 0 radical (unpaired) electrons. The second-order valence-electron chi connectivity index (χ2n) is 5.89. The van der Waals surface area contributed by atoms with Crippen molar-refractivity contribution in [2.45, 2.75) is 52.7 Å². The number of aliphatic hydroxyl groups is 1. The number of carbonyl (C=O) groups excluding carboxylic acids is 1. The molecule has 1 aliphatic heterocycles. The summed E-state index contributed by atoms with van der Waals surface area (Å²) in [5, 5.41) is 13.2. The molecule has 0 aliphatic carbocycles. The molecule has 1 heterocycles. The molecule has 0 spiro atoms. The fourth-order valence-corrected chi connectivity index (χ4v) is 2.61. The molecule has 18 heavy (non-hydrogen) atoms. The molecule has 0 aromatic carbocycles. The van der Waals surface area contributed by atoms with E-state index in [1.165, 1.54) is 0 Å². The third-order valence-electron chi connectivity index (χ3n) is 3.59. The van der Waals surface area contributed by atoms with Crippen LogP contribution in [0.15, 0.2) is 0 Å². The average molecular weight is 256 g/mol. The molecule has 1 saturated heterocycles. The lowest BCUT2D eigenvalue weighted by Crippen LogP contribution is -2.53. The summed E-state index contributed by atoms with van der Waals surface area (Å²) in [6.45, 7) is 10.4. The number of piperidine rings is 1. The molecular weight excluding hydrogens is 228 g/mol. The number of hydrogen-bond donors (Lipinski definition) is 2. The highest BCUT2D eigenvalue weighted by Gasteiger charge is 2.31. The van der Waals surface area contributed by atoms with Crippen LogP contribution in [-0.2, 0) is 4.79 Å². The standard InChI is InChI=1S/C14H28N2O2/c1-5-15-13-7-12(11(4)17)8-16(9-13)14(18)6-10(2)3/h10-13,15,17H,5-9H2,1-4H3. The second-order valence-corrected chi connectivity index (χ2v) is 5.89. The third-order valence-corrected chi connectivity index (χ3v) is 3.59. The number of hydrogen-bond acceptors (Lipinski definition) is 3. The van der Waals surface area contributed by atoms with Gasteiger partial charge in [-0.2, -0.15) is 0 Å². The van der Waals surface area contributed by atoms with E-state index in [0.717, 1.165) is 19.5 Å². The summed E-state index contributed by atoms with van der Waals surface area (Å²) in [7, 11) is 0. The molecule has 1 rings (SSSR count). The van der Waals surface area contributed by atoms with E-state index in [1.54, 1.807) is 0 Å². The Kier molecular flexibility index (Phi) is 6.09. The molecule has 3 unspecified atom stereocenters. The Balaban J connectivity index is 2.63. The maximum Gasteiger partial charge on any atom is 0.222 e. The van der Waals surface area contributed by atoms with Gasteiger partial charge in [-0.15, -0.1) is 0 Å². The van der Waals surface area contributed by atoms with E-state index in [4.69, 9.17) is 0 Å². The van der Waals surface area contributed by atoms with Gasteiger partial charge >= 0.3 is 0 Å². The number of rotatable bonds is 5. The molecular formula is C14H28N2O2. The Bertz CT molecular complexity index is 267. The van der Waals surface area contributed by atoms with Crippen molar-refractivity contribution in [2.75, 3.05) is 19.6 Å². The first-order valence-electron chi connectivity index (χ1n) is 7.13. The van der Waals surface area contributed by atoms with E-state index in [2.05, 4.69) is 26.1 Å². The molecule has 4 heteroatoms. The number of likely N-dealkylation sites (tertiary alicyclic amines) is 1. The van der Waals surface area contributed by atoms with Crippen LogP contribution in [0.2, 0.25) is 0 Å². The van der Waals surface area contributed by atoms with E-state index in [0.29, 0.717) is 24.9 Å². The van der Waals surface area contributed by atoms with Crippen molar-refractivity contribution in [3.63, 3.8) is 0 Å². The smallest absolute Gasteiger partial charge is 0.222 e. The quantitative estimate of drug-likeness (QED) is 0.778. The average Bonchev–Trinajstić information content (AvgIpc) is 2.28. The molecule has 0 bridgehead atoms. The zero-order chi connectivity index (χ0) is 13.7. The Hall–Kier alpha value is -0.610. The zero-order valence-electron chi connectivity index (χ0n) is 12.1. The van der Waals surface area contributed by atoms with Crippen molar-refractivity contribution in [3.8, 4) is 0 Å². The maximum absolute atomic E-state index is 12.1. The molecule has 106 valence electrons. The summed E-state index contributed by atoms with van der Waals surface area (Å²) in [4.78, 5) is 14.1. The van der Waals surface area contributed by atoms with Crippen LogP contribution in [-0.4, -0.2) is 47.7 Å². The summed E-state index contributed by atoms with van der Waals surface area (Å²) in [6.07, 6.45) is 1.21. The van der Waals surface area contributed by atoms with Gasteiger partial charge in [0.25, 0.3) is 0 Å². The monoisotopic (exact) mass is 256 g/mol. The molecule has 0 saturated carbocycles. The highest BCUT2D eigenvalue weighted by Crippen LogP contribution is 2.21. The van der Waals surface area contributed by atoms with Gasteiger partial charge in [0.15, 0.2) is 0 Å². The van der Waals surface area contributed by atoms with Crippen LogP contribution >= 0.6 is 0 Å². The molecule has 1 aliphatic rings. The van der Waals surface area contributed by atoms with Gasteiger partial charge in [-0.3, -0.25) is 4.79 Å². The molecule has 3 atom stereocenters. The Labute approximate surface area is 111 Å². The third kappa shape index (κ3) is 4.58. The molecule has 4 nitrogen and oxygen atoms in total. The minimum absolute atomic E-state index is 0.193. The fourth-order valence-electron chi connectivity index (χ4n) is 2.61. The van der Waals surface area contributed by atoms with E-state index in [-0.39, 0.29) is 17.9 Å². The van der Waals surface area contributed by atoms with Gasteiger partial charge in [-0.25, -0.2) is 0 Å². The van der Waals surface area contributed by atoms with Crippen LogP contribution in [0.25, 0.3) is 0 Å². The van der Waals surface area contributed by atoms with Gasteiger partial charge in [-0.05, 0) is 25.8 Å². The first kappa shape index (κ1) is 15.4. The van der Waals surface area contributed by atoms with Crippen molar-refractivity contribution >= 4 is 5.91 Å². The number of amides is 1. The Morgan fingerprint density at radius 3 is 2.56 bits per heavy atom. The van der Waals surface area contributed by atoms with Crippen LogP contribution in [0.3, 0.4) is 0 Å². The molecule has 1 amide bonds. The lowest BCUT2D eigenvalue weighted by atomic mass is 9.89. The number of nitrogens with one attached hydrogen (secondary N) is 1. The van der Waals surface area contributed by atoms with Gasteiger partial charge in [-0.1, -0.05) is 20.8 Å². The van der Waals surface area contributed by atoms with Gasteiger partial charge < -0.3 is 15.3 Å². The number of likely N-dealkylation sites (N-methyl/N-ethyl adjacent to an activating group) is 1. The summed E-state index contributed by atoms with van der Waals surface area (Å²) >= 11 is 0. The number of aliphatic hydroxyl groups excluding tert-OH is 1. The molecule has 1 fully saturated rings. The minimum atomic E-state index is -0.346. The van der Waals surface area contributed by atoms with Gasteiger partial charge in [0, 0.05) is 31.5 Å². The highest BCUT2D eigenvalue weighted by molar-refractivity contribution is 5.76. The van der Waals surface area contributed by atoms with Gasteiger partial charge in [0.05, 0.1) is 6.10 Å². The predicted octanol–water partition coefficient (Wildman–Crippen LogP) is 1.24. The summed E-state index contributed by atoms with van der Waals surface area (Å²) in [5.41, 5.74) is 0. The van der Waals surface area contributed by atoms with Crippen molar-refractivity contribution in [1.82, 2.24) is 10.2 Å². The van der Waals surface area contributed by atoms with E-state index in [1.807, 2.05) is 11.8 Å². The van der Waals surface area contributed by atoms with Crippen molar-refractivity contribution < 1.29 is 9.90 Å². The van der Waals surface area contributed by atoms with Crippen molar-refractivity contribution in [1.29, 1.82) is 0 Å². The van der Waals surface area contributed by atoms with Crippen LogP contribution in [0.4, 0.5) is 0 Å². The second kappa shape index (κ2) is 7.10. The van der Waals surface area contributed by atoms with Crippen LogP contribution in [0.5, 0.6) is 0 Å². The molecule has 0 aromatic rings. The molecule has 0 aromatic heterocycles. The van der Waals surface area contributed by atoms with Gasteiger partial charge in [0.1, 0.15) is 0 Å². The largest absolute Gasteiger partial charge is 0.393 e. The lowest BCUT2D eigenvalue weighted by molar-refractivity contribution is -0.135. The maximum atomic E-state index is 12.1. The first-order chi connectivity index (χ1) is 8.43. The van der Waals surface area contributed by atoms with Crippen molar-refractivity contribution in [2.24, 2.45) is 11.8 Å².